The minimum absolute atomic E-state index is 0.196. The highest BCUT2D eigenvalue weighted by atomic mass is 32.2. The van der Waals surface area contributed by atoms with E-state index in [1.54, 1.807) is 12.1 Å². The molecule has 2 N–H and O–H groups in total. The van der Waals surface area contributed by atoms with Gasteiger partial charge >= 0.3 is 0 Å². The zero-order valence-electron chi connectivity index (χ0n) is 12.3. The lowest BCUT2D eigenvalue weighted by Crippen LogP contribution is -2.33. The van der Waals surface area contributed by atoms with Crippen molar-refractivity contribution in [3.05, 3.63) is 18.3 Å². The van der Waals surface area contributed by atoms with Crippen LogP contribution in [0.1, 0.15) is 26.2 Å². The Morgan fingerprint density at radius 1 is 1.43 bits per heavy atom. The summed E-state index contributed by atoms with van der Waals surface area (Å²) in [6.07, 6.45) is 4.37. The molecule has 7 heteroatoms. The fraction of sp³-hybridized carbons (Fsp3) is 0.643. The zero-order chi connectivity index (χ0) is 15.1. The van der Waals surface area contributed by atoms with Crippen LogP contribution in [0.25, 0.3) is 0 Å². The van der Waals surface area contributed by atoms with E-state index in [2.05, 4.69) is 21.9 Å². The molecule has 6 nitrogen and oxygen atoms in total. The van der Waals surface area contributed by atoms with E-state index in [0.29, 0.717) is 19.0 Å². The molecule has 0 aliphatic carbocycles. The van der Waals surface area contributed by atoms with Crippen molar-refractivity contribution in [2.45, 2.75) is 31.1 Å². The van der Waals surface area contributed by atoms with Gasteiger partial charge in [0.25, 0.3) is 0 Å². The maximum atomic E-state index is 12.2. The predicted molar refractivity (Wildman–Crippen MR) is 81.7 cm³/mol. The van der Waals surface area contributed by atoms with Crippen molar-refractivity contribution in [1.29, 1.82) is 0 Å². The summed E-state index contributed by atoms with van der Waals surface area (Å²) in [5.41, 5.74) is 0. The molecule has 1 aromatic rings. The van der Waals surface area contributed by atoms with Crippen LogP contribution in [0.4, 0.5) is 5.82 Å². The topological polar surface area (TPSA) is 80.3 Å². The van der Waals surface area contributed by atoms with Gasteiger partial charge in [-0.2, -0.15) is 0 Å². The number of pyridine rings is 1. The van der Waals surface area contributed by atoms with Crippen LogP contribution >= 0.6 is 0 Å². The molecule has 2 heterocycles. The predicted octanol–water partition coefficient (Wildman–Crippen LogP) is 1.61. The number of aromatic nitrogens is 1. The van der Waals surface area contributed by atoms with Crippen LogP contribution in [0.3, 0.4) is 0 Å². The van der Waals surface area contributed by atoms with Crippen molar-refractivity contribution in [3.8, 4) is 0 Å². The van der Waals surface area contributed by atoms with E-state index in [4.69, 9.17) is 4.74 Å². The minimum atomic E-state index is -3.49. The van der Waals surface area contributed by atoms with E-state index in [9.17, 15) is 8.42 Å². The zero-order valence-corrected chi connectivity index (χ0v) is 13.2. The number of nitrogens with one attached hydrogen (secondary N) is 2. The quantitative estimate of drug-likeness (QED) is 0.799. The Morgan fingerprint density at radius 3 is 2.90 bits per heavy atom. The Morgan fingerprint density at radius 2 is 2.29 bits per heavy atom. The molecule has 1 fully saturated rings. The summed E-state index contributed by atoms with van der Waals surface area (Å²) in [4.78, 5) is 4.32. The summed E-state index contributed by atoms with van der Waals surface area (Å²) in [5, 5.41) is 3.11. The lowest BCUT2D eigenvalue weighted by molar-refractivity contribution is 0.0568. The van der Waals surface area contributed by atoms with Gasteiger partial charge in [-0.15, -0.1) is 0 Å². The van der Waals surface area contributed by atoms with Gasteiger partial charge in [-0.05, 0) is 37.3 Å². The van der Waals surface area contributed by atoms with Crippen LogP contribution in [0.2, 0.25) is 0 Å². The van der Waals surface area contributed by atoms with Gasteiger partial charge in [-0.3, -0.25) is 0 Å². The number of hydrogen-bond donors (Lipinski definition) is 2. The third-order valence-electron chi connectivity index (χ3n) is 3.42. The number of sulfonamides is 1. The number of anilines is 1. The number of nitrogens with zero attached hydrogens (tertiary/aromatic N) is 1. The van der Waals surface area contributed by atoms with Gasteiger partial charge in [-0.25, -0.2) is 18.1 Å². The van der Waals surface area contributed by atoms with Crippen LogP contribution < -0.4 is 10.0 Å². The number of hydrogen-bond acceptors (Lipinski definition) is 5. The van der Waals surface area contributed by atoms with Gasteiger partial charge in [0.1, 0.15) is 10.7 Å². The molecule has 0 spiro atoms. The van der Waals surface area contributed by atoms with Crippen molar-refractivity contribution in [2.24, 2.45) is 5.92 Å². The highest BCUT2D eigenvalue weighted by molar-refractivity contribution is 7.89. The monoisotopic (exact) mass is 313 g/mol. The first-order chi connectivity index (χ1) is 10.1. The highest BCUT2D eigenvalue weighted by Gasteiger charge is 2.19. The maximum absolute atomic E-state index is 12.2. The largest absolute Gasteiger partial charge is 0.381 e. The average molecular weight is 313 g/mol. The van der Waals surface area contributed by atoms with Crippen molar-refractivity contribution in [2.75, 3.05) is 31.6 Å². The van der Waals surface area contributed by atoms with Crippen LogP contribution in [0.5, 0.6) is 0 Å². The molecular formula is C14H23N3O3S. The third kappa shape index (κ3) is 4.94. The van der Waals surface area contributed by atoms with Crippen molar-refractivity contribution < 1.29 is 13.2 Å². The maximum Gasteiger partial charge on any atom is 0.242 e. The first-order valence-corrected chi connectivity index (χ1v) is 8.87. The van der Waals surface area contributed by atoms with E-state index in [-0.39, 0.29) is 10.8 Å². The third-order valence-corrected chi connectivity index (χ3v) is 4.83. The lowest BCUT2D eigenvalue weighted by Gasteiger charge is -2.22. The Bertz CT molecular complexity index is 525. The molecule has 21 heavy (non-hydrogen) atoms. The molecule has 0 radical (unpaired) electrons. The van der Waals surface area contributed by atoms with Gasteiger partial charge in [-0.1, -0.05) is 6.92 Å². The van der Waals surface area contributed by atoms with Crippen LogP contribution in [0, 0.1) is 5.92 Å². The summed E-state index contributed by atoms with van der Waals surface area (Å²) in [6.45, 7) is 4.70. The molecule has 1 atom stereocenters. The van der Waals surface area contributed by atoms with Gasteiger partial charge in [0, 0.05) is 25.9 Å². The number of ether oxygens (including phenoxy) is 1. The average Bonchev–Trinajstić information content (AvgIpc) is 2.52. The molecule has 118 valence electrons. The normalized spacial score (nSPS) is 19.4. The fourth-order valence-electron chi connectivity index (χ4n) is 2.18. The molecule has 1 aromatic heterocycles. The SMILES string of the molecule is CCCNc1ccc(S(=O)(=O)NCC2CCCOC2)cn1. The molecule has 0 saturated carbocycles. The van der Waals surface area contributed by atoms with Crippen LogP contribution in [-0.2, 0) is 14.8 Å². The first-order valence-electron chi connectivity index (χ1n) is 7.39. The van der Waals surface area contributed by atoms with Crippen LogP contribution in [-0.4, -0.2) is 39.7 Å². The van der Waals surface area contributed by atoms with Crippen LogP contribution in [0.15, 0.2) is 23.2 Å². The molecule has 2 rings (SSSR count). The molecule has 1 aliphatic rings. The first kappa shape index (κ1) is 16.2. The van der Waals surface area contributed by atoms with E-state index in [0.717, 1.165) is 32.4 Å². The van der Waals surface area contributed by atoms with E-state index >= 15 is 0 Å². The Hall–Kier alpha value is -1.18. The van der Waals surface area contributed by atoms with Crippen molar-refractivity contribution >= 4 is 15.8 Å². The molecule has 1 saturated heterocycles. The van der Waals surface area contributed by atoms with Crippen molar-refractivity contribution in [3.63, 3.8) is 0 Å². The minimum Gasteiger partial charge on any atom is -0.381 e. The fourth-order valence-corrected chi connectivity index (χ4v) is 3.24. The second kappa shape index (κ2) is 7.72. The highest BCUT2D eigenvalue weighted by Crippen LogP contribution is 2.15. The number of rotatable bonds is 7. The summed E-state index contributed by atoms with van der Waals surface area (Å²) in [7, 11) is -3.49. The van der Waals surface area contributed by atoms with E-state index in [1.165, 1.54) is 6.20 Å². The summed E-state index contributed by atoms with van der Waals surface area (Å²) < 4.78 is 32.4. The summed E-state index contributed by atoms with van der Waals surface area (Å²) in [5.74, 6) is 0.948. The second-order valence-corrected chi connectivity index (χ2v) is 7.01. The Balaban J connectivity index is 1.91. The molecule has 1 unspecified atom stereocenters. The summed E-state index contributed by atoms with van der Waals surface area (Å²) >= 11 is 0. The van der Waals surface area contributed by atoms with Gasteiger partial charge in [0.15, 0.2) is 0 Å². The molecule has 0 bridgehead atoms. The van der Waals surface area contributed by atoms with Gasteiger partial charge in [0.05, 0.1) is 6.61 Å². The van der Waals surface area contributed by atoms with E-state index in [1.807, 2.05) is 0 Å². The van der Waals surface area contributed by atoms with Gasteiger partial charge < -0.3 is 10.1 Å². The second-order valence-electron chi connectivity index (χ2n) is 5.24. The molecule has 0 aromatic carbocycles. The molecule has 0 amide bonds. The van der Waals surface area contributed by atoms with E-state index < -0.39 is 10.0 Å². The Labute approximate surface area is 126 Å². The standard InChI is InChI=1S/C14H23N3O3S/c1-2-7-15-14-6-5-13(10-16-14)21(18,19)17-9-12-4-3-8-20-11-12/h5-6,10,12,17H,2-4,7-9,11H2,1H3,(H,15,16). The summed E-state index contributed by atoms with van der Waals surface area (Å²) in [6, 6.07) is 3.26. The van der Waals surface area contributed by atoms with Crippen molar-refractivity contribution in [1.82, 2.24) is 9.71 Å². The molecule has 1 aliphatic heterocycles. The Kier molecular flexibility index (Phi) is 5.96. The lowest BCUT2D eigenvalue weighted by atomic mass is 10.0. The molecular weight excluding hydrogens is 290 g/mol. The van der Waals surface area contributed by atoms with Gasteiger partial charge in [0.2, 0.25) is 10.0 Å². The smallest absolute Gasteiger partial charge is 0.242 e.